The van der Waals surface area contributed by atoms with Crippen LogP contribution < -0.4 is 20.1 Å². The number of nitrogens with zero attached hydrogens (tertiary/aromatic N) is 5. The van der Waals surface area contributed by atoms with E-state index in [1.54, 1.807) is 20.5 Å². The lowest BCUT2D eigenvalue weighted by atomic mass is 9.80. The molecule has 1 amide bonds. The molecule has 1 aliphatic rings. The van der Waals surface area contributed by atoms with Crippen LogP contribution in [0.2, 0.25) is 0 Å². The maximum absolute atomic E-state index is 12.5. The van der Waals surface area contributed by atoms with Crippen LogP contribution in [0.1, 0.15) is 43.2 Å². The highest BCUT2D eigenvalue weighted by molar-refractivity contribution is 7.58. The van der Waals surface area contributed by atoms with Crippen LogP contribution in [0.5, 0.6) is 11.5 Å². The second-order valence-electron chi connectivity index (χ2n) is 13.6. The van der Waals surface area contributed by atoms with E-state index in [1.165, 1.54) is 12.4 Å². The van der Waals surface area contributed by atoms with Gasteiger partial charge in [0.15, 0.2) is 17.0 Å². The number of nitrogens with one attached hydrogen (secondary N) is 1. The van der Waals surface area contributed by atoms with E-state index in [2.05, 4.69) is 69.6 Å². The number of benzene rings is 4. The molecule has 6 aromatic rings. The molecule has 3 heterocycles. The zero-order valence-electron chi connectivity index (χ0n) is 33.6. The molecule has 2 aromatic heterocycles. The van der Waals surface area contributed by atoms with E-state index in [4.69, 9.17) is 28.2 Å². The first kappa shape index (κ1) is 41.5. The summed E-state index contributed by atoms with van der Waals surface area (Å²) in [5, 5.41) is 3.77. The molecule has 4 aromatic carbocycles. The quantitative estimate of drug-likeness (QED) is 0.0511. The van der Waals surface area contributed by atoms with Gasteiger partial charge < -0.3 is 28.2 Å². The summed E-state index contributed by atoms with van der Waals surface area (Å²) in [5.74, 6) is 1.68. The van der Waals surface area contributed by atoms with Crippen molar-refractivity contribution in [2.45, 2.75) is 44.3 Å². The van der Waals surface area contributed by atoms with Crippen molar-refractivity contribution in [2.24, 2.45) is 0 Å². The molecule has 1 aliphatic heterocycles. The number of methoxy groups -OCH3 is 2. The normalized spacial score (nSPS) is 17.1. The molecule has 0 aliphatic carbocycles. The van der Waals surface area contributed by atoms with Gasteiger partial charge in [0.2, 0.25) is 0 Å². The first-order valence-electron chi connectivity index (χ1n) is 19.5. The number of amides is 1. The van der Waals surface area contributed by atoms with E-state index in [0.717, 1.165) is 46.6 Å². The second-order valence-corrected chi connectivity index (χ2v) is 15.5. The SMILES string of the molecule is C=CCOC(=O)Nc1ncnc2c1ncn2[C@H]1C[C@H](OP(c2ccccc2)N(CC)CC)[C@@H](COC(c2ccccc2)(c2ccc(OC)cc2)c2ccc(OC)cc2)O1. The lowest BCUT2D eigenvalue weighted by Gasteiger charge is -2.38. The topological polar surface area (TPSA) is 131 Å². The average Bonchev–Trinajstić information content (AvgIpc) is 3.91. The molecule has 14 heteroatoms. The van der Waals surface area contributed by atoms with Crippen LogP contribution in [0.15, 0.2) is 135 Å². The zero-order valence-corrected chi connectivity index (χ0v) is 34.5. The van der Waals surface area contributed by atoms with Crippen LogP contribution in [-0.2, 0) is 24.3 Å². The van der Waals surface area contributed by atoms with Crippen molar-refractivity contribution in [3.63, 3.8) is 0 Å². The molecule has 306 valence electrons. The van der Waals surface area contributed by atoms with Crippen LogP contribution in [0.3, 0.4) is 0 Å². The van der Waals surface area contributed by atoms with Crippen LogP contribution in [0.4, 0.5) is 10.6 Å². The number of fused-ring (bicyclic) bond motifs is 1. The Kier molecular flexibility index (Phi) is 13.6. The lowest BCUT2D eigenvalue weighted by Crippen LogP contribution is -2.39. The Hall–Kier alpha value is -5.69. The molecule has 0 bridgehead atoms. The van der Waals surface area contributed by atoms with Crippen molar-refractivity contribution < 1.29 is 33.0 Å². The number of hydrogen-bond donors (Lipinski definition) is 1. The third kappa shape index (κ3) is 9.00. The third-order valence-electron chi connectivity index (χ3n) is 10.2. The van der Waals surface area contributed by atoms with Gasteiger partial charge in [0.1, 0.15) is 50.7 Å². The minimum atomic E-state index is -1.22. The van der Waals surface area contributed by atoms with Crippen molar-refractivity contribution >= 4 is 36.7 Å². The van der Waals surface area contributed by atoms with Crippen LogP contribution >= 0.6 is 8.30 Å². The largest absolute Gasteiger partial charge is 0.497 e. The van der Waals surface area contributed by atoms with Gasteiger partial charge in [-0.15, -0.1) is 0 Å². The van der Waals surface area contributed by atoms with E-state index in [-0.39, 0.29) is 19.0 Å². The number of imidazole rings is 1. The van der Waals surface area contributed by atoms with Crippen molar-refractivity contribution in [1.82, 2.24) is 24.2 Å². The highest BCUT2D eigenvalue weighted by Crippen LogP contribution is 2.48. The van der Waals surface area contributed by atoms with Gasteiger partial charge in [-0.3, -0.25) is 14.6 Å². The number of hydrogen-bond acceptors (Lipinski definition) is 11. The van der Waals surface area contributed by atoms with Crippen molar-refractivity contribution in [3.8, 4) is 11.5 Å². The highest BCUT2D eigenvalue weighted by atomic mass is 31.2. The van der Waals surface area contributed by atoms with Gasteiger partial charge in [-0.1, -0.05) is 111 Å². The average molecular weight is 817 g/mol. The Labute approximate surface area is 345 Å². The monoisotopic (exact) mass is 816 g/mol. The van der Waals surface area contributed by atoms with E-state index >= 15 is 0 Å². The maximum atomic E-state index is 12.5. The highest BCUT2D eigenvalue weighted by Gasteiger charge is 2.44. The van der Waals surface area contributed by atoms with Gasteiger partial charge in [-0.25, -0.2) is 19.7 Å². The summed E-state index contributed by atoms with van der Waals surface area (Å²) in [7, 11) is 2.09. The predicted octanol–water partition coefficient (Wildman–Crippen LogP) is 8.24. The summed E-state index contributed by atoms with van der Waals surface area (Å²) in [4.78, 5) is 25.9. The first-order valence-corrected chi connectivity index (χ1v) is 20.8. The molecule has 0 saturated carbocycles. The fourth-order valence-electron chi connectivity index (χ4n) is 7.29. The van der Waals surface area contributed by atoms with Gasteiger partial charge in [0.25, 0.3) is 0 Å². The van der Waals surface area contributed by atoms with Crippen LogP contribution in [0, 0.1) is 0 Å². The number of aromatic nitrogens is 4. The Morgan fingerprint density at radius 2 is 1.49 bits per heavy atom. The Morgan fingerprint density at radius 1 is 0.881 bits per heavy atom. The lowest BCUT2D eigenvalue weighted by molar-refractivity contribution is -0.0897. The maximum Gasteiger partial charge on any atom is 0.413 e. The molecule has 0 radical (unpaired) electrons. The molecule has 1 saturated heterocycles. The predicted molar refractivity (Wildman–Crippen MR) is 228 cm³/mol. The van der Waals surface area contributed by atoms with E-state index in [9.17, 15) is 4.79 Å². The molecule has 1 unspecified atom stereocenters. The van der Waals surface area contributed by atoms with Gasteiger partial charge in [0.05, 0.1) is 33.3 Å². The number of carbonyl (C=O) groups is 1. The molecular weight excluding hydrogens is 768 g/mol. The van der Waals surface area contributed by atoms with Gasteiger partial charge >= 0.3 is 6.09 Å². The first-order chi connectivity index (χ1) is 28.9. The molecule has 0 spiro atoms. The summed E-state index contributed by atoms with van der Waals surface area (Å²) < 4.78 is 42.1. The molecule has 59 heavy (non-hydrogen) atoms. The summed E-state index contributed by atoms with van der Waals surface area (Å²) in [6.07, 6.45) is 2.78. The molecule has 4 atom stereocenters. The fourth-order valence-corrected chi connectivity index (χ4v) is 9.29. The summed E-state index contributed by atoms with van der Waals surface area (Å²) >= 11 is 0. The molecular formula is C45H49N6O7P. The van der Waals surface area contributed by atoms with Crippen LogP contribution in [0.25, 0.3) is 11.2 Å². The van der Waals surface area contributed by atoms with E-state index < -0.39 is 38.4 Å². The minimum Gasteiger partial charge on any atom is -0.497 e. The number of carbonyl (C=O) groups excluding carboxylic acids is 1. The fraction of sp³-hybridized carbons (Fsp3) is 0.289. The minimum absolute atomic E-state index is 0.0523. The molecule has 1 fully saturated rings. The molecule has 7 rings (SSSR count). The molecule has 13 nitrogen and oxygen atoms in total. The molecule has 1 N–H and O–H groups in total. The Balaban J connectivity index is 1.29. The Bertz CT molecular complexity index is 2230. The van der Waals surface area contributed by atoms with Gasteiger partial charge in [-0.2, -0.15) is 0 Å². The van der Waals surface area contributed by atoms with Crippen molar-refractivity contribution in [1.29, 1.82) is 0 Å². The number of anilines is 1. The van der Waals surface area contributed by atoms with Crippen molar-refractivity contribution in [3.05, 3.63) is 151 Å². The number of ether oxygens (including phenoxy) is 5. The summed E-state index contributed by atoms with van der Waals surface area (Å²) in [5.41, 5.74) is 2.53. The summed E-state index contributed by atoms with van der Waals surface area (Å²) in [6.45, 7) is 9.69. The third-order valence-corrected chi connectivity index (χ3v) is 12.5. The summed E-state index contributed by atoms with van der Waals surface area (Å²) in [6, 6.07) is 36.4. The van der Waals surface area contributed by atoms with Crippen molar-refractivity contribution in [2.75, 3.05) is 45.8 Å². The second kappa shape index (κ2) is 19.4. The smallest absolute Gasteiger partial charge is 0.413 e. The van der Waals surface area contributed by atoms with Gasteiger partial charge in [-0.05, 0) is 41.0 Å². The standard InChI is InChI=1S/C45H49N6O7P/c1-6-27-55-44(52)49-42-41-43(47-30-46-42)51(31-48-41)40-28-38(58-59(50(7-2)8-3)37-17-13-10-14-18-37)39(57-40)29-56-45(32-15-11-9-12-16-32,33-19-23-35(53-4)24-20-33)34-21-25-36(54-5)26-22-34/h6,9-26,30-31,38-40H,1,7-8,27-29H2,2-5H3,(H,46,47,49,52)/t38-,39+,40+,59?/m0/s1. The van der Waals surface area contributed by atoms with Crippen LogP contribution in [-0.4, -0.2) is 83.0 Å². The van der Waals surface area contributed by atoms with E-state index in [0.29, 0.717) is 17.6 Å². The van der Waals surface area contributed by atoms with E-state index in [1.807, 2.05) is 89.5 Å². The zero-order chi connectivity index (χ0) is 41.2. The Morgan fingerprint density at radius 3 is 2.08 bits per heavy atom. The van der Waals surface area contributed by atoms with Gasteiger partial charge in [0, 0.05) is 24.8 Å². The number of rotatable bonds is 18.